The Labute approximate surface area is 134 Å². The maximum atomic E-state index is 12.4. The summed E-state index contributed by atoms with van der Waals surface area (Å²) in [6.07, 6.45) is 4.39. The van der Waals surface area contributed by atoms with Crippen molar-refractivity contribution in [1.29, 1.82) is 0 Å². The predicted molar refractivity (Wildman–Crippen MR) is 90.7 cm³/mol. The Morgan fingerprint density at radius 3 is 2.95 bits per heavy atom. The Morgan fingerprint density at radius 1 is 1.50 bits per heavy atom. The lowest BCUT2D eigenvalue weighted by atomic mass is 10.2. The fraction of sp³-hybridized carbons (Fsp3) is 0.500. The molecule has 3 rings (SSSR count). The highest BCUT2D eigenvalue weighted by Crippen LogP contribution is 2.32. The SMILES string of the molecule is CSCc1nc2ccccc2n1CC(=O)NC(CN)C1CC1. The second-order valence-electron chi connectivity index (χ2n) is 5.78. The molecule has 2 aromatic rings. The summed E-state index contributed by atoms with van der Waals surface area (Å²) < 4.78 is 2.02. The van der Waals surface area contributed by atoms with Gasteiger partial charge in [0.15, 0.2) is 0 Å². The van der Waals surface area contributed by atoms with E-state index in [0.717, 1.165) is 22.6 Å². The normalized spacial score (nSPS) is 15.9. The van der Waals surface area contributed by atoms with E-state index in [1.165, 1.54) is 12.8 Å². The van der Waals surface area contributed by atoms with Crippen LogP contribution in [-0.2, 0) is 17.1 Å². The van der Waals surface area contributed by atoms with Crippen LogP contribution in [0.2, 0.25) is 0 Å². The molecule has 0 bridgehead atoms. The molecule has 1 aromatic carbocycles. The minimum Gasteiger partial charge on any atom is -0.350 e. The molecule has 118 valence electrons. The number of hydrogen-bond acceptors (Lipinski definition) is 4. The highest BCUT2D eigenvalue weighted by Gasteiger charge is 2.31. The number of imidazole rings is 1. The van der Waals surface area contributed by atoms with Gasteiger partial charge in [-0.05, 0) is 37.1 Å². The second-order valence-corrected chi connectivity index (χ2v) is 6.65. The van der Waals surface area contributed by atoms with Gasteiger partial charge in [-0.15, -0.1) is 0 Å². The first-order valence-electron chi connectivity index (χ1n) is 7.65. The van der Waals surface area contributed by atoms with E-state index in [9.17, 15) is 4.79 Å². The van der Waals surface area contributed by atoms with Crippen LogP contribution >= 0.6 is 11.8 Å². The highest BCUT2D eigenvalue weighted by atomic mass is 32.2. The first kappa shape index (κ1) is 15.4. The van der Waals surface area contributed by atoms with Crippen molar-refractivity contribution in [2.45, 2.75) is 31.2 Å². The van der Waals surface area contributed by atoms with E-state index in [-0.39, 0.29) is 11.9 Å². The first-order valence-corrected chi connectivity index (χ1v) is 9.05. The molecule has 0 saturated heterocycles. The Morgan fingerprint density at radius 2 is 2.27 bits per heavy atom. The summed E-state index contributed by atoms with van der Waals surface area (Å²) in [6, 6.07) is 8.07. The predicted octanol–water partition coefficient (Wildman–Crippen LogP) is 1.75. The van der Waals surface area contributed by atoms with Crippen molar-refractivity contribution in [3.05, 3.63) is 30.1 Å². The Kier molecular flexibility index (Phi) is 4.69. The summed E-state index contributed by atoms with van der Waals surface area (Å²) in [5.41, 5.74) is 7.72. The van der Waals surface area contributed by atoms with E-state index in [1.54, 1.807) is 11.8 Å². The van der Waals surface area contributed by atoms with Crippen molar-refractivity contribution in [3.8, 4) is 0 Å². The number of nitrogens with one attached hydrogen (secondary N) is 1. The number of amides is 1. The van der Waals surface area contributed by atoms with Crippen molar-refractivity contribution in [2.24, 2.45) is 11.7 Å². The fourth-order valence-electron chi connectivity index (χ4n) is 2.80. The van der Waals surface area contributed by atoms with Crippen LogP contribution in [-0.4, -0.2) is 34.3 Å². The first-order chi connectivity index (χ1) is 10.7. The number of thioether (sulfide) groups is 1. The van der Waals surface area contributed by atoms with E-state index in [2.05, 4.69) is 10.3 Å². The summed E-state index contributed by atoms with van der Waals surface area (Å²) in [5.74, 6) is 2.33. The third kappa shape index (κ3) is 3.28. The third-order valence-electron chi connectivity index (χ3n) is 4.10. The Balaban J connectivity index is 1.79. The topological polar surface area (TPSA) is 72.9 Å². The lowest BCUT2D eigenvalue weighted by Crippen LogP contribution is -2.43. The zero-order valence-electron chi connectivity index (χ0n) is 12.8. The van der Waals surface area contributed by atoms with Gasteiger partial charge in [-0.3, -0.25) is 4.79 Å². The number of para-hydroxylation sites is 2. The van der Waals surface area contributed by atoms with E-state index >= 15 is 0 Å². The summed E-state index contributed by atoms with van der Waals surface area (Å²) in [5, 5.41) is 3.08. The number of nitrogens with two attached hydrogens (primary N) is 1. The van der Waals surface area contributed by atoms with Crippen LogP contribution in [0.15, 0.2) is 24.3 Å². The van der Waals surface area contributed by atoms with Gasteiger partial charge in [0.05, 0.1) is 16.8 Å². The molecule has 0 aliphatic heterocycles. The number of nitrogens with zero attached hydrogens (tertiary/aromatic N) is 2. The van der Waals surface area contributed by atoms with Crippen LogP contribution in [0.3, 0.4) is 0 Å². The van der Waals surface area contributed by atoms with Crippen molar-refractivity contribution in [2.75, 3.05) is 12.8 Å². The van der Waals surface area contributed by atoms with Gasteiger partial charge in [-0.2, -0.15) is 11.8 Å². The van der Waals surface area contributed by atoms with Gasteiger partial charge in [0.1, 0.15) is 12.4 Å². The summed E-state index contributed by atoms with van der Waals surface area (Å²) in [6.45, 7) is 0.818. The molecule has 22 heavy (non-hydrogen) atoms. The van der Waals surface area contributed by atoms with Crippen molar-refractivity contribution in [3.63, 3.8) is 0 Å². The summed E-state index contributed by atoms with van der Waals surface area (Å²) in [7, 11) is 0. The second kappa shape index (κ2) is 6.71. The van der Waals surface area contributed by atoms with Crippen LogP contribution < -0.4 is 11.1 Å². The van der Waals surface area contributed by atoms with Crippen molar-refractivity contribution < 1.29 is 4.79 Å². The van der Waals surface area contributed by atoms with Crippen molar-refractivity contribution >= 4 is 28.7 Å². The molecular formula is C16H22N4OS. The molecule has 0 spiro atoms. The molecule has 1 aliphatic carbocycles. The number of rotatable bonds is 7. The maximum absolute atomic E-state index is 12.4. The van der Waals surface area contributed by atoms with Gasteiger partial charge >= 0.3 is 0 Å². The maximum Gasteiger partial charge on any atom is 0.240 e. The lowest BCUT2D eigenvalue weighted by Gasteiger charge is -2.17. The number of benzene rings is 1. The zero-order valence-corrected chi connectivity index (χ0v) is 13.6. The third-order valence-corrected chi connectivity index (χ3v) is 4.65. The van der Waals surface area contributed by atoms with E-state index in [1.807, 2.05) is 35.1 Å². The van der Waals surface area contributed by atoms with E-state index in [4.69, 9.17) is 5.73 Å². The van der Waals surface area contributed by atoms with Crippen molar-refractivity contribution in [1.82, 2.24) is 14.9 Å². The molecule has 1 amide bonds. The average Bonchev–Trinajstić information content (AvgIpc) is 3.30. The van der Waals surface area contributed by atoms with Gasteiger partial charge in [-0.25, -0.2) is 4.98 Å². The van der Waals surface area contributed by atoms with E-state index in [0.29, 0.717) is 19.0 Å². The van der Waals surface area contributed by atoms with E-state index < -0.39 is 0 Å². The molecule has 6 heteroatoms. The van der Waals surface area contributed by atoms with Gasteiger partial charge in [0, 0.05) is 12.6 Å². The number of fused-ring (bicyclic) bond motifs is 1. The molecule has 5 nitrogen and oxygen atoms in total. The number of aromatic nitrogens is 2. The molecule has 1 unspecified atom stereocenters. The molecule has 3 N–H and O–H groups in total. The van der Waals surface area contributed by atoms with Gasteiger partial charge in [0.25, 0.3) is 0 Å². The fourth-order valence-corrected chi connectivity index (χ4v) is 3.28. The van der Waals surface area contributed by atoms with Gasteiger partial charge < -0.3 is 15.6 Å². The largest absolute Gasteiger partial charge is 0.350 e. The molecular weight excluding hydrogens is 296 g/mol. The summed E-state index contributed by atoms with van der Waals surface area (Å²) in [4.78, 5) is 17.0. The zero-order chi connectivity index (χ0) is 15.5. The van der Waals surface area contributed by atoms with Gasteiger partial charge in [0.2, 0.25) is 5.91 Å². The summed E-state index contributed by atoms with van der Waals surface area (Å²) >= 11 is 1.71. The average molecular weight is 318 g/mol. The van der Waals surface area contributed by atoms with Gasteiger partial charge in [-0.1, -0.05) is 12.1 Å². The Hall–Kier alpha value is -1.53. The number of hydrogen-bond donors (Lipinski definition) is 2. The molecule has 1 atom stereocenters. The molecule has 1 saturated carbocycles. The molecule has 1 heterocycles. The standard InChI is InChI=1S/C16H22N4OS/c1-22-10-15-18-12-4-2-3-5-14(12)20(15)9-16(21)19-13(8-17)11-6-7-11/h2-5,11,13H,6-10,17H2,1H3,(H,19,21). The van der Waals surface area contributed by atoms with Crippen LogP contribution in [0.25, 0.3) is 11.0 Å². The Bertz CT molecular complexity index is 665. The monoisotopic (exact) mass is 318 g/mol. The quantitative estimate of drug-likeness (QED) is 0.816. The molecule has 0 radical (unpaired) electrons. The van der Waals surface area contributed by atoms with Crippen LogP contribution in [0.1, 0.15) is 18.7 Å². The minimum atomic E-state index is 0.0212. The molecule has 1 aromatic heterocycles. The van der Waals surface area contributed by atoms with Crippen LogP contribution in [0.5, 0.6) is 0 Å². The molecule has 1 fully saturated rings. The smallest absolute Gasteiger partial charge is 0.240 e. The van der Waals surface area contributed by atoms with Crippen LogP contribution in [0, 0.1) is 5.92 Å². The van der Waals surface area contributed by atoms with Crippen LogP contribution in [0.4, 0.5) is 0 Å². The number of carbonyl (C=O) groups is 1. The highest BCUT2D eigenvalue weighted by molar-refractivity contribution is 7.97. The molecule has 1 aliphatic rings. The lowest BCUT2D eigenvalue weighted by molar-refractivity contribution is -0.122. The minimum absolute atomic E-state index is 0.0212. The number of carbonyl (C=O) groups excluding carboxylic acids is 1.